The Morgan fingerprint density at radius 1 is 1.28 bits per heavy atom. The zero-order chi connectivity index (χ0) is 17.8. The van der Waals surface area contributed by atoms with E-state index < -0.39 is 0 Å². The first-order valence-corrected chi connectivity index (χ1v) is 9.14. The summed E-state index contributed by atoms with van der Waals surface area (Å²) in [5, 5.41) is 16.9. The molecule has 0 radical (unpaired) electrons. The highest BCUT2D eigenvalue weighted by molar-refractivity contribution is 5.99. The third-order valence-corrected chi connectivity index (χ3v) is 4.99. The van der Waals surface area contributed by atoms with Crippen molar-refractivity contribution in [2.45, 2.75) is 58.2 Å². The molecular weight excluding hydrogens is 318 g/mol. The van der Waals surface area contributed by atoms with Gasteiger partial charge in [-0.1, -0.05) is 13.8 Å². The zero-order valence-electron chi connectivity index (χ0n) is 15.0. The van der Waals surface area contributed by atoms with Gasteiger partial charge in [0.15, 0.2) is 5.65 Å². The Balaban J connectivity index is 1.71. The molecule has 0 atom stereocenters. The third kappa shape index (κ3) is 4.16. The second kappa shape index (κ2) is 7.93. The van der Waals surface area contributed by atoms with Crippen LogP contribution in [-0.4, -0.2) is 55.7 Å². The van der Waals surface area contributed by atoms with Crippen molar-refractivity contribution in [2.24, 2.45) is 0 Å². The van der Waals surface area contributed by atoms with E-state index in [-0.39, 0.29) is 18.1 Å². The summed E-state index contributed by atoms with van der Waals surface area (Å²) in [5.41, 5.74) is 2.16. The summed E-state index contributed by atoms with van der Waals surface area (Å²) in [6.45, 7) is 7.06. The normalized spacial score (nSPS) is 21.0. The van der Waals surface area contributed by atoms with Crippen LogP contribution in [0, 0.1) is 0 Å². The quantitative estimate of drug-likeness (QED) is 0.831. The minimum atomic E-state index is -0.226. The number of carbonyl (C=O) groups excluding carboxylic acids is 1. The highest BCUT2D eigenvalue weighted by atomic mass is 16.3. The Bertz CT molecular complexity index is 717. The van der Waals surface area contributed by atoms with Gasteiger partial charge < -0.3 is 10.4 Å². The summed E-state index contributed by atoms with van der Waals surface area (Å²) in [6, 6.07) is 0.118. The fourth-order valence-electron chi connectivity index (χ4n) is 3.34. The smallest absolute Gasteiger partial charge is 0.256 e. The van der Waals surface area contributed by atoms with Gasteiger partial charge in [0.05, 0.1) is 12.3 Å². The van der Waals surface area contributed by atoms with Crippen LogP contribution in [-0.2, 0) is 6.54 Å². The lowest BCUT2D eigenvalue weighted by Crippen LogP contribution is -2.38. The van der Waals surface area contributed by atoms with Gasteiger partial charge in [-0.25, -0.2) is 9.50 Å². The number of hydrogen-bond donors (Lipinski definition) is 2. The molecule has 1 aliphatic rings. The molecule has 2 N–H and O–H groups in total. The second-order valence-electron chi connectivity index (χ2n) is 6.73. The number of fused-ring (bicyclic) bond motifs is 1. The van der Waals surface area contributed by atoms with Crippen molar-refractivity contribution in [1.29, 1.82) is 0 Å². The fourth-order valence-corrected chi connectivity index (χ4v) is 3.34. The number of aromatic nitrogens is 3. The van der Waals surface area contributed by atoms with Crippen LogP contribution in [0.5, 0.6) is 0 Å². The van der Waals surface area contributed by atoms with Crippen LogP contribution in [0.1, 0.15) is 55.5 Å². The molecule has 1 fully saturated rings. The first-order chi connectivity index (χ1) is 12.1. The predicted octanol–water partition coefficient (Wildman–Crippen LogP) is 1.60. The molecule has 25 heavy (non-hydrogen) atoms. The van der Waals surface area contributed by atoms with Gasteiger partial charge >= 0.3 is 0 Å². The molecule has 7 nitrogen and oxygen atoms in total. The maximum absolute atomic E-state index is 12.5. The highest BCUT2D eigenvalue weighted by Gasteiger charge is 2.23. The van der Waals surface area contributed by atoms with Crippen LogP contribution >= 0.6 is 0 Å². The third-order valence-electron chi connectivity index (χ3n) is 4.99. The second-order valence-corrected chi connectivity index (χ2v) is 6.73. The van der Waals surface area contributed by atoms with Crippen LogP contribution in [0.3, 0.4) is 0 Å². The summed E-state index contributed by atoms with van der Waals surface area (Å²) >= 11 is 0. The van der Waals surface area contributed by atoms with Crippen molar-refractivity contribution >= 4 is 11.6 Å². The Morgan fingerprint density at radius 2 is 2.00 bits per heavy atom. The molecule has 1 aliphatic carbocycles. The molecule has 0 bridgehead atoms. The molecule has 2 aromatic rings. The van der Waals surface area contributed by atoms with Crippen molar-refractivity contribution in [3.63, 3.8) is 0 Å². The van der Waals surface area contributed by atoms with E-state index in [0.29, 0.717) is 11.2 Å². The maximum atomic E-state index is 12.5. The van der Waals surface area contributed by atoms with Crippen molar-refractivity contribution in [1.82, 2.24) is 24.8 Å². The minimum Gasteiger partial charge on any atom is -0.393 e. The van der Waals surface area contributed by atoms with Crippen molar-refractivity contribution in [2.75, 3.05) is 13.1 Å². The fraction of sp³-hybridized carbons (Fsp3) is 0.611. The van der Waals surface area contributed by atoms with E-state index in [0.717, 1.165) is 50.9 Å². The number of hydrogen-bond acceptors (Lipinski definition) is 5. The van der Waals surface area contributed by atoms with E-state index in [1.54, 1.807) is 10.7 Å². The molecule has 7 heteroatoms. The minimum absolute atomic E-state index is 0.118. The predicted molar refractivity (Wildman–Crippen MR) is 95.3 cm³/mol. The number of aliphatic hydroxyl groups excluding tert-OH is 1. The van der Waals surface area contributed by atoms with Crippen LogP contribution in [0.2, 0.25) is 0 Å². The van der Waals surface area contributed by atoms with Gasteiger partial charge in [-0.3, -0.25) is 9.69 Å². The first kappa shape index (κ1) is 17.8. The summed E-state index contributed by atoms with van der Waals surface area (Å²) in [5.74, 6) is -0.139. The van der Waals surface area contributed by atoms with Crippen molar-refractivity contribution in [3.8, 4) is 0 Å². The number of nitrogens with one attached hydrogen (secondary N) is 1. The number of nitrogens with zero attached hydrogens (tertiary/aromatic N) is 4. The van der Waals surface area contributed by atoms with E-state index in [2.05, 4.69) is 34.1 Å². The monoisotopic (exact) mass is 345 g/mol. The molecular formula is C18H27N5O2. The Hall–Kier alpha value is -1.99. The lowest BCUT2D eigenvalue weighted by atomic mass is 9.93. The van der Waals surface area contributed by atoms with Gasteiger partial charge in [0.2, 0.25) is 0 Å². The van der Waals surface area contributed by atoms with Gasteiger partial charge in [0, 0.05) is 30.5 Å². The van der Waals surface area contributed by atoms with Crippen LogP contribution in [0.25, 0.3) is 5.65 Å². The van der Waals surface area contributed by atoms with Crippen molar-refractivity contribution in [3.05, 3.63) is 29.7 Å². The first-order valence-electron chi connectivity index (χ1n) is 9.14. The Labute approximate surface area is 148 Å². The standard InChI is InChI=1S/C18H27N5O2/c1-3-22(4-2)11-13-9-19-17-16(10-20-23(17)12-13)18(25)21-14-5-7-15(24)8-6-14/h9-10,12,14-15,24H,3-8,11H2,1-2H3,(H,21,25). The van der Waals surface area contributed by atoms with Gasteiger partial charge in [-0.05, 0) is 38.8 Å². The number of rotatable bonds is 6. The molecule has 2 heterocycles. The zero-order valence-corrected chi connectivity index (χ0v) is 15.0. The van der Waals surface area contributed by atoms with Crippen LogP contribution in [0.4, 0.5) is 0 Å². The lowest BCUT2D eigenvalue weighted by molar-refractivity contribution is 0.0869. The van der Waals surface area contributed by atoms with Crippen LogP contribution in [0.15, 0.2) is 18.6 Å². The lowest BCUT2D eigenvalue weighted by Gasteiger charge is -2.25. The molecule has 2 aromatic heterocycles. The average Bonchev–Trinajstić information content (AvgIpc) is 3.05. The molecule has 3 rings (SSSR count). The topological polar surface area (TPSA) is 82.8 Å². The van der Waals surface area contributed by atoms with Gasteiger partial charge in [-0.15, -0.1) is 0 Å². The molecule has 0 aliphatic heterocycles. The maximum Gasteiger partial charge on any atom is 0.256 e. The van der Waals surface area contributed by atoms with Gasteiger partial charge in [0.25, 0.3) is 5.91 Å². The van der Waals surface area contributed by atoms with E-state index in [1.807, 2.05) is 12.4 Å². The largest absolute Gasteiger partial charge is 0.393 e. The highest BCUT2D eigenvalue weighted by Crippen LogP contribution is 2.19. The Kier molecular flexibility index (Phi) is 5.65. The van der Waals surface area contributed by atoms with Gasteiger partial charge in [0.1, 0.15) is 5.56 Å². The molecule has 136 valence electrons. The summed E-state index contributed by atoms with van der Waals surface area (Å²) in [4.78, 5) is 19.3. The molecule has 0 unspecified atom stereocenters. The van der Waals surface area contributed by atoms with E-state index in [4.69, 9.17) is 0 Å². The molecule has 0 spiro atoms. The Morgan fingerprint density at radius 3 is 2.68 bits per heavy atom. The van der Waals surface area contributed by atoms with E-state index in [9.17, 15) is 9.90 Å². The number of carbonyl (C=O) groups is 1. The number of aliphatic hydroxyl groups is 1. The summed E-state index contributed by atoms with van der Waals surface area (Å²) in [7, 11) is 0. The van der Waals surface area contributed by atoms with E-state index >= 15 is 0 Å². The van der Waals surface area contributed by atoms with Crippen molar-refractivity contribution < 1.29 is 9.90 Å². The number of amides is 1. The molecule has 1 saturated carbocycles. The summed E-state index contributed by atoms with van der Waals surface area (Å²) in [6.07, 6.45) is 8.23. The molecule has 0 aromatic carbocycles. The average molecular weight is 345 g/mol. The van der Waals surface area contributed by atoms with Gasteiger partial charge in [-0.2, -0.15) is 5.10 Å². The molecule has 1 amide bonds. The van der Waals surface area contributed by atoms with Crippen LogP contribution < -0.4 is 5.32 Å². The summed E-state index contributed by atoms with van der Waals surface area (Å²) < 4.78 is 1.68. The van der Waals surface area contributed by atoms with E-state index in [1.165, 1.54) is 0 Å². The SMILES string of the molecule is CCN(CC)Cc1cnc2c(C(=O)NC3CCC(O)CC3)cnn2c1. The molecule has 0 saturated heterocycles.